The Morgan fingerprint density at radius 1 is 1.21 bits per heavy atom. The standard InChI is InChI=1S/C5H2F3NO4S/c6-5(7,8)14(12,13)9-2-1-3(10)4(2)11/h1,9H. The fourth-order valence-electron chi connectivity index (χ4n) is 0.596. The topological polar surface area (TPSA) is 80.3 Å². The highest BCUT2D eigenvalue weighted by atomic mass is 32.2. The Balaban J connectivity index is 2.99. The molecule has 0 unspecified atom stereocenters. The number of nitrogens with one attached hydrogen (secondary N) is 1. The third-order valence-electron chi connectivity index (χ3n) is 1.29. The Hall–Kier alpha value is -1.38. The van der Waals surface area contributed by atoms with Crippen molar-refractivity contribution in [1.82, 2.24) is 0 Å². The van der Waals surface area contributed by atoms with Gasteiger partial charge in [-0.25, -0.2) is 0 Å². The highest BCUT2D eigenvalue weighted by Gasteiger charge is 2.46. The van der Waals surface area contributed by atoms with E-state index in [4.69, 9.17) is 0 Å². The molecule has 1 aromatic rings. The van der Waals surface area contributed by atoms with Crippen LogP contribution in [0, 0.1) is 0 Å². The molecule has 0 aromatic heterocycles. The Morgan fingerprint density at radius 3 is 2.00 bits per heavy atom. The fraction of sp³-hybridized carbons (Fsp3) is 0.200. The molecule has 0 aliphatic carbocycles. The molecule has 0 radical (unpaired) electrons. The van der Waals surface area contributed by atoms with E-state index in [-0.39, 0.29) is 0 Å². The Morgan fingerprint density at radius 2 is 1.71 bits per heavy atom. The van der Waals surface area contributed by atoms with Gasteiger partial charge in [0.2, 0.25) is 10.9 Å². The first kappa shape index (κ1) is 10.7. The SMILES string of the molecule is O=c1cc(NS(=O)(=O)C(F)(F)F)c1=O. The smallest absolute Gasteiger partial charge is 0.285 e. The molecule has 0 aliphatic heterocycles. The van der Waals surface area contributed by atoms with Crippen molar-refractivity contribution >= 4 is 15.7 Å². The first-order valence-electron chi connectivity index (χ1n) is 3.04. The van der Waals surface area contributed by atoms with E-state index in [0.717, 1.165) is 4.72 Å². The van der Waals surface area contributed by atoms with Crippen molar-refractivity contribution in [1.29, 1.82) is 0 Å². The predicted octanol–water partition coefficient (Wildman–Crippen LogP) is -0.456. The lowest BCUT2D eigenvalue weighted by molar-refractivity contribution is -0.0429. The normalized spacial score (nSPS) is 13.1. The van der Waals surface area contributed by atoms with Crippen LogP contribution in [0.4, 0.5) is 18.9 Å². The second-order valence-electron chi connectivity index (χ2n) is 2.30. The lowest BCUT2D eigenvalue weighted by atomic mass is 10.3. The van der Waals surface area contributed by atoms with Gasteiger partial charge in [-0.15, -0.1) is 0 Å². The van der Waals surface area contributed by atoms with Crippen molar-refractivity contribution in [3.05, 3.63) is 26.5 Å². The van der Waals surface area contributed by atoms with Crippen LogP contribution in [-0.4, -0.2) is 13.9 Å². The lowest BCUT2D eigenvalue weighted by Crippen LogP contribution is -2.38. The Bertz CT molecular complexity index is 522. The number of sulfonamides is 1. The summed E-state index contributed by atoms with van der Waals surface area (Å²) in [5.41, 5.74) is -8.69. The molecule has 0 amide bonds. The summed E-state index contributed by atoms with van der Waals surface area (Å²) >= 11 is 0. The molecule has 0 aliphatic rings. The molecule has 0 fully saturated rings. The molecule has 14 heavy (non-hydrogen) atoms. The van der Waals surface area contributed by atoms with Crippen LogP contribution in [0.1, 0.15) is 0 Å². The minimum absolute atomic E-state index is 0.478. The van der Waals surface area contributed by atoms with Gasteiger partial charge in [0, 0.05) is 6.07 Å². The van der Waals surface area contributed by atoms with Crippen LogP contribution in [0.25, 0.3) is 0 Å². The maximum absolute atomic E-state index is 11.7. The van der Waals surface area contributed by atoms with Gasteiger partial charge in [0.05, 0.1) is 0 Å². The largest absolute Gasteiger partial charge is 0.516 e. The molecule has 0 saturated carbocycles. The maximum atomic E-state index is 11.7. The zero-order chi connectivity index (χ0) is 11.1. The number of hydrogen-bond acceptors (Lipinski definition) is 4. The van der Waals surface area contributed by atoms with E-state index in [0.29, 0.717) is 6.07 Å². The Labute approximate surface area is 74.9 Å². The third-order valence-corrected chi connectivity index (χ3v) is 2.39. The van der Waals surface area contributed by atoms with Crippen molar-refractivity contribution < 1.29 is 21.6 Å². The van der Waals surface area contributed by atoms with Gasteiger partial charge in [0.1, 0.15) is 5.69 Å². The van der Waals surface area contributed by atoms with Crippen LogP contribution >= 0.6 is 0 Å². The summed E-state index contributed by atoms with van der Waals surface area (Å²) in [6.07, 6.45) is 0. The van der Waals surface area contributed by atoms with Crippen LogP contribution in [-0.2, 0) is 10.0 Å². The fourth-order valence-corrected chi connectivity index (χ4v) is 1.15. The second kappa shape index (κ2) is 2.80. The van der Waals surface area contributed by atoms with Crippen molar-refractivity contribution in [2.45, 2.75) is 5.51 Å². The number of rotatable bonds is 2. The molecule has 78 valence electrons. The summed E-state index contributed by atoms with van der Waals surface area (Å²) in [4.78, 5) is 20.7. The van der Waals surface area contributed by atoms with Crippen molar-refractivity contribution in [3.8, 4) is 0 Å². The summed E-state index contributed by atoms with van der Waals surface area (Å²) in [5.74, 6) is 0. The molecule has 5 nitrogen and oxygen atoms in total. The third kappa shape index (κ3) is 1.62. The first-order valence-corrected chi connectivity index (χ1v) is 4.53. The zero-order valence-corrected chi connectivity index (χ0v) is 7.07. The van der Waals surface area contributed by atoms with Crippen molar-refractivity contribution in [2.24, 2.45) is 0 Å². The molecule has 0 saturated heterocycles. The monoisotopic (exact) mass is 229 g/mol. The van der Waals surface area contributed by atoms with E-state index in [9.17, 15) is 31.2 Å². The summed E-state index contributed by atoms with van der Waals surface area (Å²) in [7, 11) is -5.61. The van der Waals surface area contributed by atoms with Crippen LogP contribution in [0.3, 0.4) is 0 Å². The summed E-state index contributed by atoms with van der Waals surface area (Å²) in [6, 6.07) is 0.478. The van der Waals surface area contributed by atoms with E-state index < -0.39 is 32.1 Å². The average molecular weight is 229 g/mol. The molecular weight excluding hydrogens is 227 g/mol. The number of halogens is 3. The van der Waals surface area contributed by atoms with Crippen LogP contribution in [0.2, 0.25) is 0 Å². The Kier molecular flexibility index (Phi) is 2.14. The number of alkyl halides is 3. The average Bonchev–Trinajstić information content (AvgIpc) is 2.01. The molecule has 1 rings (SSSR count). The summed E-state index contributed by atoms with van der Waals surface area (Å²) in [5, 5.41) is 0. The molecule has 0 heterocycles. The van der Waals surface area contributed by atoms with Gasteiger partial charge >= 0.3 is 15.5 Å². The van der Waals surface area contributed by atoms with E-state index in [1.807, 2.05) is 0 Å². The van der Waals surface area contributed by atoms with Gasteiger partial charge in [-0.05, 0) is 0 Å². The van der Waals surface area contributed by atoms with Gasteiger partial charge in [0.25, 0.3) is 0 Å². The van der Waals surface area contributed by atoms with E-state index >= 15 is 0 Å². The van der Waals surface area contributed by atoms with Gasteiger partial charge < -0.3 is 0 Å². The number of hydrogen-bond donors (Lipinski definition) is 1. The highest BCUT2D eigenvalue weighted by Crippen LogP contribution is 2.23. The van der Waals surface area contributed by atoms with Crippen molar-refractivity contribution in [3.63, 3.8) is 0 Å². The number of anilines is 1. The molecule has 0 bridgehead atoms. The van der Waals surface area contributed by atoms with Crippen LogP contribution in [0.15, 0.2) is 15.7 Å². The first-order chi connectivity index (χ1) is 6.15. The highest BCUT2D eigenvalue weighted by molar-refractivity contribution is 7.93. The summed E-state index contributed by atoms with van der Waals surface area (Å²) in [6.45, 7) is 0. The van der Waals surface area contributed by atoms with Gasteiger partial charge in [-0.1, -0.05) is 0 Å². The van der Waals surface area contributed by atoms with Crippen LogP contribution < -0.4 is 15.6 Å². The van der Waals surface area contributed by atoms with Gasteiger partial charge in [0.15, 0.2) is 0 Å². The zero-order valence-electron chi connectivity index (χ0n) is 6.25. The minimum atomic E-state index is -5.61. The second-order valence-corrected chi connectivity index (χ2v) is 3.98. The van der Waals surface area contributed by atoms with Crippen molar-refractivity contribution in [2.75, 3.05) is 4.72 Å². The predicted molar refractivity (Wildman–Crippen MR) is 40.0 cm³/mol. The molecule has 0 atom stereocenters. The maximum Gasteiger partial charge on any atom is 0.516 e. The lowest BCUT2D eigenvalue weighted by Gasteiger charge is -2.09. The minimum Gasteiger partial charge on any atom is -0.285 e. The molecule has 0 spiro atoms. The van der Waals surface area contributed by atoms with E-state index in [1.165, 1.54) is 0 Å². The van der Waals surface area contributed by atoms with Gasteiger partial charge in [-0.3, -0.25) is 14.3 Å². The molecule has 1 aromatic carbocycles. The molecule has 9 heteroatoms. The van der Waals surface area contributed by atoms with E-state index in [1.54, 1.807) is 0 Å². The van der Waals surface area contributed by atoms with Crippen LogP contribution in [0.5, 0.6) is 0 Å². The summed E-state index contributed by atoms with van der Waals surface area (Å²) < 4.78 is 56.8. The molecular formula is C5H2F3NO4S. The molecule has 1 N–H and O–H groups in total. The van der Waals surface area contributed by atoms with Gasteiger partial charge in [-0.2, -0.15) is 21.6 Å². The van der Waals surface area contributed by atoms with E-state index in [2.05, 4.69) is 0 Å². The quantitative estimate of drug-likeness (QED) is 0.696.